The molecule has 0 saturated heterocycles. The number of nitrogens with zero attached hydrogens (tertiary/aromatic N) is 2. The zero-order valence-corrected chi connectivity index (χ0v) is 8.28. The van der Waals surface area contributed by atoms with Gasteiger partial charge in [0.2, 0.25) is 0 Å². The Balaban J connectivity index is 3.51. The third-order valence-electron chi connectivity index (χ3n) is 0.913. The number of hydrogen-bond acceptors (Lipinski definition) is 2. The van der Waals surface area contributed by atoms with Gasteiger partial charge < -0.3 is 0 Å². The Hall–Kier alpha value is -0.490. The van der Waals surface area contributed by atoms with Crippen LogP contribution in [0.4, 0.5) is 0 Å². The molecule has 0 aliphatic rings. The van der Waals surface area contributed by atoms with E-state index < -0.39 is 0 Å². The van der Waals surface area contributed by atoms with Crippen molar-refractivity contribution >= 4 is 21.2 Å². The van der Waals surface area contributed by atoms with Gasteiger partial charge in [0, 0.05) is 18.6 Å². The maximum absolute atomic E-state index is 4.01. The molecule has 3 heteroatoms. The molecular weight excluding hydrogens is 155 g/mol. The maximum atomic E-state index is 4.01. The predicted molar refractivity (Wildman–Crippen MR) is 55.2 cm³/mol. The highest BCUT2D eigenvalue weighted by atomic mass is 31.1. The minimum Gasteiger partial charge on any atom is -0.272 e. The van der Waals surface area contributed by atoms with E-state index in [1.807, 2.05) is 12.7 Å². The molecule has 0 fully saturated rings. The standard InChI is InChI=1S/C8H15N2P/c1-8(2)4-5-9-6-7-10-11-3/h4-8,11H,1-3H3/b5-4+,9-6+,10-7-. The van der Waals surface area contributed by atoms with Crippen molar-refractivity contribution in [2.75, 3.05) is 6.66 Å². The summed E-state index contributed by atoms with van der Waals surface area (Å²) in [6.07, 6.45) is 7.27. The van der Waals surface area contributed by atoms with Crippen LogP contribution in [0.25, 0.3) is 0 Å². The number of hydrogen-bond donors (Lipinski definition) is 0. The van der Waals surface area contributed by atoms with Gasteiger partial charge in [0.15, 0.2) is 0 Å². The van der Waals surface area contributed by atoms with Gasteiger partial charge in [-0.15, -0.1) is 0 Å². The molecule has 11 heavy (non-hydrogen) atoms. The van der Waals surface area contributed by atoms with Crippen LogP contribution in [-0.4, -0.2) is 19.1 Å². The first kappa shape index (κ1) is 10.5. The number of allylic oxidation sites excluding steroid dienone is 1. The molecule has 0 aromatic heterocycles. The molecular formula is C8H15N2P. The summed E-state index contributed by atoms with van der Waals surface area (Å²) in [6.45, 7) is 6.26. The molecule has 1 atom stereocenters. The molecule has 0 heterocycles. The van der Waals surface area contributed by atoms with Crippen LogP contribution in [0, 0.1) is 5.92 Å². The molecule has 0 saturated carbocycles. The van der Waals surface area contributed by atoms with E-state index >= 15 is 0 Å². The third kappa shape index (κ3) is 9.51. The van der Waals surface area contributed by atoms with Crippen molar-refractivity contribution in [3.8, 4) is 0 Å². The van der Waals surface area contributed by atoms with E-state index in [0.717, 1.165) is 0 Å². The van der Waals surface area contributed by atoms with E-state index in [2.05, 4.69) is 23.6 Å². The largest absolute Gasteiger partial charge is 0.272 e. The zero-order valence-electron chi connectivity index (χ0n) is 7.28. The third-order valence-corrected chi connectivity index (χ3v) is 1.32. The van der Waals surface area contributed by atoms with E-state index in [9.17, 15) is 0 Å². The molecule has 0 aromatic rings. The predicted octanol–water partition coefficient (Wildman–Crippen LogP) is 2.52. The molecule has 0 aliphatic heterocycles. The molecule has 0 spiro atoms. The fraction of sp³-hybridized carbons (Fsp3) is 0.500. The van der Waals surface area contributed by atoms with E-state index in [1.165, 1.54) is 0 Å². The average molecular weight is 170 g/mol. The van der Waals surface area contributed by atoms with Gasteiger partial charge in [-0.05, 0) is 21.3 Å². The maximum Gasteiger partial charge on any atom is 0.0449 e. The summed E-state index contributed by atoms with van der Waals surface area (Å²) in [5, 5.41) is 0. The van der Waals surface area contributed by atoms with E-state index in [-0.39, 0.29) is 0 Å². The normalized spacial score (nSPS) is 14.2. The van der Waals surface area contributed by atoms with Crippen molar-refractivity contribution in [2.24, 2.45) is 15.7 Å². The van der Waals surface area contributed by atoms with Crippen molar-refractivity contribution < 1.29 is 0 Å². The second-order valence-corrected chi connectivity index (χ2v) is 3.09. The minimum absolute atomic E-state index is 0.567. The van der Waals surface area contributed by atoms with E-state index in [4.69, 9.17) is 0 Å². The lowest BCUT2D eigenvalue weighted by Gasteiger charge is -1.87. The highest BCUT2D eigenvalue weighted by molar-refractivity contribution is 7.35. The Kier molecular flexibility index (Phi) is 7.28. The average Bonchev–Trinajstić information content (AvgIpc) is 1.96. The van der Waals surface area contributed by atoms with Gasteiger partial charge in [-0.3, -0.25) is 9.76 Å². The first-order valence-electron chi connectivity index (χ1n) is 3.65. The van der Waals surface area contributed by atoms with E-state index in [0.29, 0.717) is 14.6 Å². The fourth-order valence-corrected chi connectivity index (χ4v) is 0.634. The Morgan fingerprint density at radius 2 is 2.00 bits per heavy atom. The summed E-state index contributed by atoms with van der Waals surface area (Å²) in [4.78, 5) is 4.00. The quantitative estimate of drug-likeness (QED) is 0.457. The fourth-order valence-electron chi connectivity index (χ4n) is 0.418. The van der Waals surface area contributed by atoms with Crippen LogP contribution in [0.15, 0.2) is 22.0 Å². The van der Waals surface area contributed by atoms with Crippen LogP contribution in [0.1, 0.15) is 13.8 Å². The first-order chi connectivity index (χ1) is 5.27. The molecule has 2 nitrogen and oxygen atoms in total. The van der Waals surface area contributed by atoms with Crippen LogP contribution < -0.4 is 0 Å². The van der Waals surface area contributed by atoms with Gasteiger partial charge in [-0.2, -0.15) is 0 Å². The first-order valence-corrected chi connectivity index (χ1v) is 5.10. The Labute approximate surface area is 70.4 Å². The summed E-state index contributed by atoms with van der Waals surface area (Å²) in [6, 6.07) is 0. The lowest BCUT2D eigenvalue weighted by molar-refractivity contribution is 0.829. The van der Waals surface area contributed by atoms with Crippen molar-refractivity contribution in [2.45, 2.75) is 13.8 Å². The lowest BCUT2D eigenvalue weighted by atomic mass is 10.2. The van der Waals surface area contributed by atoms with Gasteiger partial charge in [-0.1, -0.05) is 19.9 Å². The van der Waals surface area contributed by atoms with Gasteiger partial charge in [-0.25, -0.2) is 0 Å². The Morgan fingerprint density at radius 1 is 1.27 bits per heavy atom. The summed E-state index contributed by atoms with van der Waals surface area (Å²) in [5.74, 6) is 0.567. The summed E-state index contributed by atoms with van der Waals surface area (Å²) >= 11 is 0. The van der Waals surface area contributed by atoms with Crippen molar-refractivity contribution in [1.29, 1.82) is 0 Å². The molecule has 0 bridgehead atoms. The minimum atomic E-state index is 0.567. The lowest BCUT2D eigenvalue weighted by Crippen LogP contribution is -1.76. The van der Waals surface area contributed by atoms with E-state index in [1.54, 1.807) is 18.6 Å². The zero-order chi connectivity index (χ0) is 8.53. The van der Waals surface area contributed by atoms with Crippen LogP contribution in [0.2, 0.25) is 0 Å². The molecule has 1 unspecified atom stereocenters. The van der Waals surface area contributed by atoms with Gasteiger partial charge in [0.1, 0.15) is 0 Å². The van der Waals surface area contributed by atoms with Gasteiger partial charge in [0.25, 0.3) is 0 Å². The second-order valence-electron chi connectivity index (χ2n) is 2.39. The smallest absolute Gasteiger partial charge is 0.0449 e. The topological polar surface area (TPSA) is 24.7 Å². The Bertz CT molecular complexity index is 159. The van der Waals surface area contributed by atoms with Crippen molar-refractivity contribution in [3.63, 3.8) is 0 Å². The molecule has 62 valence electrons. The number of rotatable bonds is 4. The van der Waals surface area contributed by atoms with Crippen LogP contribution in [-0.2, 0) is 0 Å². The van der Waals surface area contributed by atoms with Gasteiger partial charge >= 0.3 is 0 Å². The number of aliphatic imine (C=N–C) groups is 1. The molecule has 0 aromatic carbocycles. The van der Waals surface area contributed by atoms with Crippen LogP contribution in [0.3, 0.4) is 0 Å². The SMILES string of the molecule is CP\N=C/C=N/C=C/C(C)C. The van der Waals surface area contributed by atoms with Crippen LogP contribution in [0.5, 0.6) is 0 Å². The van der Waals surface area contributed by atoms with Crippen LogP contribution >= 0.6 is 8.73 Å². The molecule has 0 radical (unpaired) electrons. The monoisotopic (exact) mass is 170 g/mol. The molecule has 0 rings (SSSR count). The summed E-state index contributed by atoms with van der Waals surface area (Å²) in [5.41, 5.74) is 0. The van der Waals surface area contributed by atoms with Crippen molar-refractivity contribution in [3.05, 3.63) is 12.3 Å². The Morgan fingerprint density at radius 3 is 2.55 bits per heavy atom. The molecule has 0 N–H and O–H groups in total. The molecule has 0 aliphatic carbocycles. The van der Waals surface area contributed by atoms with Crippen molar-refractivity contribution in [1.82, 2.24) is 0 Å². The second kappa shape index (κ2) is 7.62. The summed E-state index contributed by atoms with van der Waals surface area (Å²) < 4.78 is 4.01. The summed E-state index contributed by atoms with van der Waals surface area (Å²) in [7, 11) is 0.619. The highest BCUT2D eigenvalue weighted by Gasteiger charge is 1.78. The van der Waals surface area contributed by atoms with Gasteiger partial charge in [0.05, 0.1) is 0 Å². The highest BCUT2D eigenvalue weighted by Crippen LogP contribution is 1.99. The molecule has 0 amide bonds.